The highest BCUT2D eigenvalue weighted by atomic mass is 16.4. The van der Waals surface area contributed by atoms with E-state index in [2.05, 4.69) is 5.32 Å². The van der Waals surface area contributed by atoms with Gasteiger partial charge in [-0.15, -0.1) is 0 Å². The largest absolute Gasteiger partial charge is 0.481 e. The first-order valence-electron chi connectivity index (χ1n) is 6.38. The Morgan fingerprint density at radius 2 is 1.65 bits per heavy atom. The van der Waals surface area contributed by atoms with Crippen LogP contribution in [0.5, 0.6) is 0 Å². The number of urea groups is 1. The third-order valence-electron chi connectivity index (χ3n) is 2.94. The van der Waals surface area contributed by atoms with Crippen molar-refractivity contribution in [3.05, 3.63) is 0 Å². The van der Waals surface area contributed by atoms with Gasteiger partial charge in [0.15, 0.2) is 0 Å². The molecule has 1 unspecified atom stereocenters. The Labute approximate surface area is 119 Å². The van der Waals surface area contributed by atoms with Crippen LogP contribution in [0.2, 0.25) is 0 Å². The summed E-state index contributed by atoms with van der Waals surface area (Å²) < 4.78 is 0. The van der Waals surface area contributed by atoms with Crippen molar-refractivity contribution in [1.29, 1.82) is 0 Å². The number of aliphatic carboxylic acids is 1. The second-order valence-electron chi connectivity index (χ2n) is 6.11. The maximum atomic E-state index is 12.0. The average Bonchev–Trinajstić information content (AvgIpc) is 2.25. The molecule has 7 nitrogen and oxygen atoms in total. The van der Waals surface area contributed by atoms with Crippen LogP contribution in [0.1, 0.15) is 27.2 Å². The summed E-state index contributed by atoms with van der Waals surface area (Å²) in [5.41, 5.74) is -0.388. The minimum Gasteiger partial charge on any atom is -0.481 e. The van der Waals surface area contributed by atoms with Gasteiger partial charge in [0.2, 0.25) is 5.91 Å². The lowest BCUT2D eigenvalue weighted by molar-refractivity contribution is -0.138. The molecule has 7 heteroatoms. The molecule has 0 aliphatic carbocycles. The monoisotopic (exact) mass is 287 g/mol. The molecular weight excluding hydrogens is 262 g/mol. The van der Waals surface area contributed by atoms with Gasteiger partial charge >= 0.3 is 12.0 Å². The van der Waals surface area contributed by atoms with Crippen molar-refractivity contribution in [2.45, 2.75) is 33.2 Å². The molecule has 0 rings (SSSR count). The van der Waals surface area contributed by atoms with Crippen molar-refractivity contribution < 1.29 is 19.5 Å². The van der Waals surface area contributed by atoms with Gasteiger partial charge in [-0.25, -0.2) is 4.79 Å². The topological polar surface area (TPSA) is 90.0 Å². The van der Waals surface area contributed by atoms with Gasteiger partial charge in [0.25, 0.3) is 0 Å². The molecule has 0 aromatic carbocycles. The van der Waals surface area contributed by atoms with Crippen LogP contribution in [0.4, 0.5) is 4.79 Å². The fraction of sp³-hybridized carbons (Fsp3) is 0.769. The molecule has 0 saturated heterocycles. The van der Waals surface area contributed by atoms with Crippen LogP contribution in [-0.2, 0) is 9.59 Å². The van der Waals surface area contributed by atoms with Crippen LogP contribution in [0.15, 0.2) is 0 Å². The van der Waals surface area contributed by atoms with Crippen molar-refractivity contribution in [2.24, 2.45) is 5.41 Å². The molecule has 0 aromatic rings. The molecule has 0 aliphatic heterocycles. The smallest absolute Gasteiger partial charge is 0.317 e. The van der Waals surface area contributed by atoms with Crippen LogP contribution >= 0.6 is 0 Å². The van der Waals surface area contributed by atoms with Gasteiger partial charge in [-0.05, 0) is 5.41 Å². The average molecular weight is 287 g/mol. The van der Waals surface area contributed by atoms with E-state index in [0.29, 0.717) is 0 Å². The summed E-state index contributed by atoms with van der Waals surface area (Å²) in [5, 5.41) is 11.6. The first kappa shape index (κ1) is 18.2. The van der Waals surface area contributed by atoms with E-state index >= 15 is 0 Å². The van der Waals surface area contributed by atoms with Gasteiger partial charge < -0.3 is 20.2 Å². The Morgan fingerprint density at radius 1 is 1.15 bits per heavy atom. The number of hydrogen-bond acceptors (Lipinski definition) is 3. The summed E-state index contributed by atoms with van der Waals surface area (Å²) in [5.74, 6) is -1.18. The number of nitrogens with one attached hydrogen (secondary N) is 1. The third kappa shape index (κ3) is 6.40. The maximum Gasteiger partial charge on any atom is 0.317 e. The van der Waals surface area contributed by atoms with Gasteiger partial charge in [0, 0.05) is 27.2 Å². The number of carbonyl (C=O) groups excluding carboxylic acids is 2. The molecule has 2 N–H and O–H groups in total. The first-order valence-corrected chi connectivity index (χ1v) is 6.38. The molecule has 0 saturated carbocycles. The molecule has 1 atom stereocenters. The van der Waals surface area contributed by atoms with Crippen LogP contribution < -0.4 is 5.32 Å². The van der Waals surface area contributed by atoms with Gasteiger partial charge in [-0.3, -0.25) is 9.59 Å². The number of carboxylic acids is 1. The number of rotatable bonds is 5. The Bertz CT molecular complexity index is 374. The molecule has 116 valence electrons. The van der Waals surface area contributed by atoms with E-state index in [9.17, 15) is 14.4 Å². The number of hydrogen-bond donors (Lipinski definition) is 2. The predicted octanol–water partition coefficient (Wildman–Crippen LogP) is 0.605. The standard InChI is InChI=1S/C13H25N3O4/c1-13(2,3)9(7-11(18)19)14-12(20)16(6)8-10(17)15(4)5/h9H,7-8H2,1-6H3,(H,14,20)(H,18,19). The first-order chi connectivity index (χ1) is 8.95. The molecule has 0 bridgehead atoms. The summed E-state index contributed by atoms with van der Waals surface area (Å²) in [6.45, 7) is 5.51. The van der Waals surface area contributed by atoms with Gasteiger partial charge in [0.05, 0.1) is 6.42 Å². The Hall–Kier alpha value is -1.79. The molecule has 0 aromatic heterocycles. The lowest BCUT2D eigenvalue weighted by atomic mass is 9.85. The van der Waals surface area contributed by atoms with Crippen molar-refractivity contribution in [3.8, 4) is 0 Å². The Morgan fingerprint density at radius 3 is 2.00 bits per heavy atom. The molecule has 0 spiro atoms. The van der Waals surface area contributed by atoms with Gasteiger partial charge in [-0.2, -0.15) is 0 Å². The summed E-state index contributed by atoms with van der Waals surface area (Å²) in [6.07, 6.45) is -0.162. The minimum atomic E-state index is -0.975. The minimum absolute atomic E-state index is 0.0528. The highest BCUT2D eigenvalue weighted by Gasteiger charge is 2.29. The van der Waals surface area contributed by atoms with E-state index in [1.165, 1.54) is 16.8 Å². The Kier molecular flexibility index (Phi) is 6.48. The van der Waals surface area contributed by atoms with Crippen molar-refractivity contribution >= 4 is 17.9 Å². The normalized spacial score (nSPS) is 12.5. The summed E-state index contributed by atoms with van der Waals surface area (Å²) >= 11 is 0. The van der Waals surface area contributed by atoms with Crippen molar-refractivity contribution in [3.63, 3.8) is 0 Å². The van der Waals surface area contributed by atoms with Gasteiger partial charge in [-0.1, -0.05) is 20.8 Å². The lowest BCUT2D eigenvalue weighted by Crippen LogP contribution is -2.51. The highest BCUT2D eigenvalue weighted by Crippen LogP contribution is 2.22. The SMILES string of the molecule is CN(C)C(=O)CN(C)C(=O)NC(CC(=O)O)C(C)(C)C. The predicted molar refractivity (Wildman–Crippen MR) is 75.4 cm³/mol. The number of carbonyl (C=O) groups is 3. The fourth-order valence-electron chi connectivity index (χ4n) is 1.42. The molecule has 0 heterocycles. The summed E-state index contributed by atoms with van der Waals surface area (Å²) in [7, 11) is 4.71. The fourth-order valence-corrected chi connectivity index (χ4v) is 1.42. The van der Waals surface area contributed by atoms with Crippen LogP contribution in [-0.4, -0.2) is 66.5 Å². The molecular formula is C13H25N3O4. The zero-order valence-electron chi connectivity index (χ0n) is 13.1. The molecule has 0 fully saturated rings. The Balaban J connectivity index is 4.68. The van der Waals surface area contributed by atoms with Crippen LogP contribution in [0.3, 0.4) is 0 Å². The van der Waals surface area contributed by atoms with E-state index in [-0.39, 0.29) is 24.3 Å². The third-order valence-corrected chi connectivity index (χ3v) is 2.94. The lowest BCUT2D eigenvalue weighted by Gasteiger charge is -2.32. The summed E-state index contributed by atoms with van der Waals surface area (Å²) in [4.78, 5) is 37.0. The molecule has 0 radical (unpaired) electrons. The van der Waals surface area contributed by atoms with E-state index < -0.39 is 18.0 Å². The molecule has 3 amide bonds. The number of likely N-dealkylation sites (N-methyl/N-ethyl adjacent to an activating group) is 2. The second-order valence-corrected chi connectivity index (χ2v) is 6.11. The quantitative estimate of drug-likeness (QED) is 0.775. The van der Waals surface area contributed by atoms with Crippen molar-refractivity contribution in [1.82, 2.24) is 15.1 Å². The number of carboxylic acid groups (broad SMARTS) is 1. The maximum absolute atomic E-state index is 12.0. The molecule has 20 heavy (non-hydrogen) atoms. The van der Waals surface area contributed by atoms with Gasteiger partial charge in [0.1, 0.15) is 6.54 Å². The van der Waals surface area contributed by atoms with E-state index in [4.69, 9.17) is 5.11 Å². The second kappa shape index (κ2) is 7.12. The van der Waals surface area contributed by atoms with Crippen LogP contribution in [0, 0.1) is 5.41 Å². The number of nitrogens with zero attached hydrogens (tertiary/aromatic N) is 2. The van der Waals surface area contributed by atoms with E-state index in [0.717, 1.165) is 0 Å². The zero-order valence-corrected chi connectivity index (χ0v) is 13.1. The zero-order chi connectivity index (χ0) is 16.1. The highest BCUT2D eigenvalue weighted by molar-refractivity contribution is 5.84. The van der Waals surface area contributed by atoms with E-state index in [1.54, 1.807) is 14.1 Å². The van der Waals surface area contributed by atoms with Crippen molar-refractivity contribution in [2.75, 3.05) is 27.7 Å². The molecule has 0 aliphatic rings. The van der Waals surface area contributed by atoms with E-state index in [1.807, 2.05) is 20.8 Å². The van der Waals surface area contributed by atoms with Crippen LogP contribution in [0.25, 0.3) is 0 Å². The number of amides is 3. The summed E-state index contributed by atoms with van der Waals surface area (Å²) in [6, 6.07) is -0.967.